The van der Waals surface area contributed by atoms with Crippen molar-refractivity contribution in [2.24, 2.45) is 0 Å². The van der Waals surface area contributed by atoms with E-state index >= 15 is 0 Å². The molecule has 1 heterocycles. The molecule has 5 nitrogen and oxygen atoms in total. The summed E-state index contributed by atoms with van der Waals surface area (Å²) in [4.78, 5) is 20.2. The number of nitrogens with one attached hydrogen (secondary N) is 1. The van der Waals surface area contributed by atoms with E-state index in [1.807, 2.05) is 12.1 Å². The van der Waals surface area contributed by atoms with E-state index < -0.39 is 5.97 Å². The highest BCUT2D eigenvalue weighted by molar-refractivity contribution is 9.10. The monoisotopic (exact) mass is 375 g/mol. The fourth-order valence-corrected chi connectivity index (χ4v) is 3.13. The number of carbonyl (C=O) groups is 1. The fourth-order valence-electron chi connectivity index (χ4n) is 2.73. The molecule has 1 aliphatic carbocycles. The second-order valence-corrected chi connectivity index (χ2v) is 6.50. The Bertz CT molecular complexity index is 699. The van der Waals surface area contributed by atoms with E-state index in [1.165, 1.54) is 24.4 Å². The SMILES string of the molecule is CCOC(=O)c1cnc(NC2(c3cccc(Br)c3)CCC2)nc1. The molecule has 1 aromatic heterocycles. The second kappa shape index (κ2) is 6.66. The van der Waals surface area contributed by atoms with Crippen LogP contribution in [0.1, 0.15) is 42.1 Å². The van der Waals surface area contributed by atoms with Gasteiger partial charge in [-0.3, -0.25) is 0 Å². The van der Waals surface area contributed by atoms with Gasteiger partial charge in [0.15, 0.2) is 0 Å². The predicted molar refractivity (Wildman–Crippen MR) is 91.3 cm³/mol. The van der Waals surface area contributed by atoms with Crippen molar-refractivity contribution in [3.63, 3.8) is 0 Å². The van der Waals surface area contributed by atoms with Crippen LogP contribution in [-0.2, 0) is 10.3 Å². The second-order valence-electron chi connectivity index (χ2n) is 5.59. The van der Waals surface area contributed by atoms with Gasteiger partial charge in [-0.05, 0) is 43.9 Å². The molecule has 1 aromatic carbocycles. The van der Waals surface area contributed by atoms with E-state index in [0.717, 1.165) is 17.3 Å². The van der Waals surface area contributed by atoms with Crippen molar-refractivity contribution in [1.82, 2.24) is 9.97 Å². The van der Waals surface area contributed by atoms with E-state index in [0.29, 0.717) is 18.1 Å². The number of esters is 1. The number of carbonyl (C=O) groups excluding carboxylic acids is 1. The average molecular weight is 376 g/mol. The van der Waals surface area contributed by atoms with Crippen molar-refractivity contribution < 1.29 is 9.53 Å². The van der Waals surface area contributed by atoms with E-state index in [9.17, 15) is 4.79 Å². The minimum Gasteiger partial charge on any atom is -0.462 e. The van der Waals surface area contributed by atoms with E-state index in [1.54, 1.807) is 6.92 Å². The number of rotatable bonds is 5. The normalized spacial score (nSPS) is 15.6. The first kappa shape index (κ1) is 15.9. The zero-order valence-electron chi connectivity index (χ0n) is 12.9. The molecule has 1 N–H and O–H groups in total. The Hall–Kier alpha value is -1.95. The number of anilines is 1. The van der Waals surface area contributed by atoms with Gasteiger partial charge in [0.1, 0.15) is 0 Å². The Kier molecular flexibility index (Phi) is 4.61. The molecular formula is C17H18BrN3O2. The Morgan fingerprint density at radius 3 is 2.65 bits per heavy atom. The highest BCUT2D eigenvalue weighted by Gasteiger charge is 2.39. The standard InChI is InChI=1S/C17H18BrN3O2/c1-2-23-15(22)12-10-19-16(20-11-12)21-17(7-4-8-17)13-5-3-6-14(18)9-13/h3,5-6,9-11H,2,4,7-8H2,1H3,(H,19,20,21). The first-order valence-electron chi connectivity index (χ1n) is 7.66. The molecule has 0 spiro atoms. The third-order valence-corrected chi connectivity index (χ3v) is 4.59. The van der Waals surface area contributed by atoms with Crippen LogP contribution in [0.4, 0.5) is 5.95 Å². The van der Waals surface area contributed by atoms with Crippen LogP contribution in [0, 0.1) is 0 Å². The molecule has 23 heavy (non-hydrogen) atoms. The minimum atomic E-state index is -0.399. The largest absolute Gasteiger partial charge is 0.462 e. The fraction of sp³-hybridized carbons (Fsp3) is 0.353. The molecule has 0 unspecified atom stereocenters. The lowest BCUT2D eigenvalue weighted by Crippen LogP contribution is -2.42. The van der Waals surface area contributed by atoms with E-state index in [2.05, 4.69) is 43.3 Å². The van der Waals surface area contributed by atoms with Crippen LogP contribution < -0.4 is 5.32 Å². The average Bonchev–Trinajstić information content (AvgIpc) is 2.52. The van der Waals surface area contributed by atoms with Gasteiger partial charge in [0.2, 0.25) is 5.95 Å². The highest BCUT2D eigenvalue weighted by Crippen LogP contribution is 2.44. The smallest absolute Gasteiger partial charge is 0.341 e. The zero-order chi connectivity index (χ0) is 16.3. The van der Waals surface area contributed by atoms with Crippen LogP contribution in [0.3, 0.4) is 0 Å². The summed E-state index contributed by atoms with van der Waals surface area (Å²) in [7, 11) is 0. The van der Waals surface area contributed by atoms with Crippen LogP contribution in [0.15, 0.2) is 41.1 Å². The summed E-state index contributed by atoms with van der Waals surface area (Å²) in [5.41, 5.74) is 1.45. The summed E-state index contributed by atoms with van der Waals surface area (Å²) in [5.74, 6) is 0.127. The van der Waals surface area contributed by atoms with Crippen molar-refractivity contribution in [3.8, 4) is 0 Å². The summed E-state index contributed by atoms with van der Waals surface area (Å²) in [5, 5.41) is 3.44. The summed E-state index contributed by atoms with van der Waals surface area (Å²) >= 11 is 3.52. The summed E-state index contributed by atoms with van der Waals surface area (Å²) < 4.78 is 6.00. The van der Waals surface area contributed by atoms with Gasteiger partial charge < -0.3 is 10.1 Å². The lowest BCUT2D eigenvalue weighted by Gasteiger charge is -2.43. The van der Waals surface area contributed by atoms with Gasteiger partial charge in [-0.1, -0.05) is 28.1 Å². The predicted octanol–water partition coefficient (Wildman–Crippen LogP) is 3.91. The number of hydrogen-bond acceptors (Lipinski definition) is 5. The van der Waals surface area contributed by atoms with E-state index in [4.69, 9.17) is 4.74 Å². The summed E-state index contributed by atoms with van der Waals surface area (Å²) in [6.45, 7) is 2.11. The highest BCUT2D eigenvalue weighted by atomic mass is 79.9. The molecular weight excluding hydrogens is 358 g/mol. The number of hydrogen-bond donors (Lipinski definition) is 1. The molecule has 2 aromatic rings. The van der Waals surface area contributed by atoms with Gasteiger partial charge in [-0.2, -0.15) is 0 Å². The minimum absolute atomic E-state index is 0.130. The lowest BCUT2D eigenvalue weighted by molar-refractivity contribution is 0.0525. The van der Waals surface area contributed by atoms with Crippen molar-refractivity contribution >= 4 is 27.8 Å². The third-order valence-electron chi connectivity index (χ3n) is 4.10. The molecule has 120 valence electrons. The van der Waals surface area contributed by atoms with Gasteiger partial charge in [0, 0.05) is 16.9 Å². The molecule has 0 atom stereocenters. The molecule has 0 aliphatic heterocycles. The van der Waals surface area contributed by atoms with Crippen LogP contribution in [-0.4, -0.2) is 22.5 Å². The van der Waals surface area contributed by atoms with Crippen LogP contribution >= 0.6 is 15.9 Å². The number of benzene rings is 1. The maximum absolute atomic E-state index is 11.6. The third kappa shape index (κ3) is 3.37. The molecule has 0 bridgehead atoms. The molecule has 1 saturated carbocycles. The first-order chi connectivity index (χ1) is 11.1. The molecule has 0 amide bonds. The topological polar surface area (TPSA) is 64.1 Å². The number of aromatic nitrogens is 2. The Morgan fingerprint density at radius 1 is 1.35 bits per heavy atom. The lowest BCUT2D eigenvalue weighted by atomic mass is 9.72. The molecule has 6 heteroatoms. The Balaban J connectivity index is 1.78. The van der Waals surface area contributed by atoms with Crippen molar-refractivity contribution in [1.29, 1.82) is 0 Å². The van der Waals surface area contributed by atoms with Crippen LogP contribution in [0.5, 0.6) is 0 Å². The van der Waals surface area contributed by atoms with Gasteiger partial charge >= 0.3 is 5.97 Å². The van der Waals surface area contributed by atoms with Gasteiger partial charge in [-0.25, -0.2) is 14.8 Å². The maximum Gasteiger partial charge on any atom is 0.341 e. The Labute approximate surface area is 143 Å². The number of nitrogens with zero attached hydrogens (tertiary/aromatic N) is 2. The quantitative estimate of drug-likeness (QED) is 0.802. The van der Waals surface area contributed by atoms with Gasteiger partial charge in [-0.15, -0.1) is 0 Å². The number of ether oxygens (including phenoxy) is 1. The van der Waals surface area contributed by atoms with Crippen molar-refractivity contribution in [2.75, 3.05) is 11.9 Å². The van der Waals surface area contributed by atoms with Crippen molar-refractivity contribution in [3.05, 3.63) is 52.3 Å². The van der Waals surface area contributed by atoms with Gasteiger partial charge in [0.25, 0.3) is 0 Å². The molecule has 3 rings (SSSR count). The molecule has 0 saturated heterocycles. The summed E-state index contributed by atoms with van der Waals surface area (Å²) in [6.07, 6.45) is 6.24. The molecule has 0 radical (unpaired) electrons. The zero-order valence-corrected chi connectivity index (χ0v) is 14.5. The molecule has 1 fully saturated rings. The van der Waals surface area contributed by atoms with E-state index in [-0.39, 0.29) is 5.54 Å². The molecule has 1 aliphatic rings. The van der Waals surface area contributed by atoms with Crippen molar-refractivity contribution in [2.45, 2.75) is 31.7 Å². The number of halogens is 1. The van der Waals surface area contributed by atoms with Gasteiger partial charge in [0.05, 0.1) is 17.7 Å². The summed E-state index contributed by atoms with van der Waals surface area (Å²) in [6, 6.07) is 8.29. The Morgan fingerprint density at radius 2 is 2.09 bits per heavy atom. The van der Waals surface area contributed by atoms with Crippen LogP contribution in [0.25, 0.3) is 0 Å². The van der Waals surface area contributed by atoms with Crippen LogP contribution in [0.2, 0.25) is 0 Å². The first-order valence-corrected chi connectivity index (χ1v) is 8.46. The maximum atomic E-state index is 11.6.